The lowest BCUT2D eigenvalue weighted by atomic mass is 10.2. The molecular formula is C15H17ClN4O. The van der Waals surface area contributed by atoms with E-state index in [1.165, 1.54) is 0 Å². The molecule has 1 aromatic heterocycles. The van der Waals surface area contributed by atoms with E-state index in [2.05, 4.69) is 20.8 Å². The zero-order valence-corrected chi connectivity index (χ0v) is 12.7. The van der Waals surface area contributed by atoms with Gasteiger partial charge in [0, 0.05) is 17.1 Å². The van der Waals surface area contributed by atoms with E-state index in [-0.39, 0.29) is 5.91 Å². The molecule has 0 aliphatic heterocycles. The number of benzene rings is 1. The topological polar surface area (TPSA) is 66.9 Å². The number of amides is 1. The molecule has 0 fully saturated rings. The Labute approximate surface area is 128 Å². The summed E-state index contributed by atoms with van der Waals surface area (Å²) < 4.78 is 0. The third-order valence-electron chi connectivity index (χ3n) is 2.87. The van der Waals surface area contributed by atoms with Crippen LogP contribution in [0.4, 0.5) is 17.3 Å². The molecule has 5 nitrogen and oxygen atoms in total. The van der Waals surface area contributed by atoms with Crippen molar-refractivity contribution in [3.63, 3.8) is 0 Å². The largest absolute Gasteiger partial charge is 0.338 e. The van der Waals surface area contributed by atoms with Crippen LogP contribution in [-0.4, -0.2) is 16.1 Å². The lowest BCUT2D eigenvalue weighted by molar-refractivity contribution is -0.116. The average Bonchev–Trinajstić information content (AvgIpc) is 2.45. The van der Waals surface area contributed by atoms with Gasteiger partial charge in [-0.15, -0.1) is 10.2 Å². The fourth-order valence-corrected chi connectivity index (χ4v) is 1.94. The third kappa shape index (κ3) is 4.43. The van der Waals surface area contributed by atoms with Crippen molar-refractivity contribution in [2.24, 2.45) is 0 Å². The van der Waals surface area contributed by atoms with E-state index >= 15 is 0 Å². The molecule has 2 aromatic rings. The fourth-order valence-electron chi connectivity index (χ4n) is 1.76. The zero-order chi connectivity index (χ0) is 15.2. The summed E-state index contributed by atoms with van der Waals surface area (Å²) in [5.41, 5.74) is 1.93. The van der Waals surface area contributed by atoms with Crippen molar-refractivity contribution in [1.82, 2.24) is 10.2 Å². The highest BCUT2D eigenvalue weighted by molar-refractivity contribution is 6.30. The maximum absolute atomic E-state index is 11.5. The van der Waals surface area contributed by atoms with E-state index in [0.29, 0.717) is 23.1 Å². The van der Waals surface area contributed by atoms with Crippen molar-refractivity contribution in [2.75, 3.05) is 10.6 Å². The number of carbonyl (C=O) groups is 1. The van der Waals surface area contributed by atoms with Crippen LogP contribution in [0, 0.1) is 6.92 Å². The van der Waals surface area contributed by atoms with Crippen LogP contribution in [0.1, 0.15) is 25.3 Å². The molecule has 0 unspecified atom stereocenters. The van der Waals surface area contributed by atoms with Crippen molar-refractivity contribution in [1.29, 1.82) is 0 Å². The van der Waals surface area contributed by atoms with Crippen LogP contribution < -0.4 is 10.6 Å². The highest BCUT2D eigenvalue weighted by Crippen LogP contribution is 2.23. The first kappa shape index (κ1) is 15.3. The summed E-state index contributed by atoms with van der Waals surface area (Å²) in [6.07, 6.45) is 1.27. The van der Waals surface area contributed by atoms with Crippen molar-refractivity contribution in [3.05, 3.63) is 40.9 Å². The molecule has 0 saturated heterocycles. The lowest BCUT2D eigenvalue weighted by Gasteiger charge is -2.09. The number of rotatable bonds is 5. The van der Waals surface area contributed by atoms with Gasteiger partial charge in [0.2, 0.25) is 5.91 Å². The summed E-state index contributed by atoms with van der Waals surface area (Å²) in [5.74, 6) is 0.980. The van der Waals surface area contributed by atoms with Gasteiger partial charge in [0.1, 0.15) is 0 Å². The van der Waals surface area contributed by atoms with Crippen molar-refractivity contribution in [3.8, 4) is 0 Å². The Bertz CT molecular complexity index is 628. The highest BCUT2D eigenvalue weighted by Gasteiger charge is 2.04. The molecular weight excluding hydrogens is 288 g/mol. The molecule has 0 bridgehead atoms. The molecule has 2 rings (SSSR count). The minimum absolute atomic E-state index is 0.0572. The number of hydrogen-bond donors (Lipinski definition) is 2. The first-order valence-corrected chi connectivity index (χ1v) is 7.13. The van der Waals surface area contributed by atoms with Crippen molar-refractivity contribution >= 4 is 34.8 Å². The molecule has 1 heterocycles. The molecule has 0 aliphatic carbocycles. The predicted molar refractivity (Wildman–Crippen MR) is 85.0 cm³/mol. The van der Waals surface area contributed by atoms with E-state index in [1.807, 2.05) is 32.0 Å². The smallest absolute Gasteiger partial charge is 0.225 e. The quantitative estimate of drug-likeness (QED) is 0.878. The van der Waals surface area contributed by atoms with Gasteiger partial charge in [0.25, 0.3) is 0 Å². The van der Waals surface area contributed by atoms with E-state index < -0.39 is 0 Å². The summed E-state index contributed by atoms with van der Waals surface area (Å²) in [5, 5.41) is 14.5. The van der Waals surface area contributed by atoms with Crippen LogP contribution in [0.25, 0.3) is 0 Å². The van der Waals surface area contributed by atoms with Crippen LogP contribution in [-0.2, 0) is 4.79 Å². The van der Waals surface area contributed by atoms with Gasteiger partial charge in [0.15, 0.2) is 11.6 Å². The van der Waals surface area contributed by atoms with Crippen LogP contribution in [0.3, 0.4) is 0 Å². The SMILES string of the molecule is CCCC(=O)Nc1ccc(Nc2cc(Cl)ccc2C)nn1. The minimum Gasteiger partial charge on any atom is -0.338 e. The Morgan fingerprint density at radius 2 is 1.90 bits per heavy atom. The Kier molecular flexibility index (Phi) is 5.11. The maximum Gasteiger partial charge on any atom is 0.225 e. The van der Waals surface area contributed by atoms with E-state index in [1.54, 1.807) is 12.1 Å². The molecule has 0 aliphatic rings. The van der Waals surface area contributed by atoms with Gasteiger partial charge >= 0.3 is 0 Å². The summed E-state index contributed by atoms with van der Waals surface area (Å²) in [4.78, 5) is 11.5. The fraction of sp³-hybridized carbons (Fsp3) is 0.267. The lowest BCUT2D eigenvalue weighted by Crippen LogP contribution is -2.12. The minimum atomic E-state index is -0.0572. The van der Waals surface area contributed by atoms with Crippen LogP contribution in [0.15, 0.2) is 30.3 Å². The van der Waals surface area contributed by atoms with Gasteiger partial charge in [-0.25, -0.2) is 0 Å². The predicted octanol–water partition coefficient (Wildman–Crippen LogP) is 3.92. The number of carbonyl (C=O) groups excluding carboxylic acids is 1. The molecule has 6 heteroatoms. The van der Waals surface area contributed by atoms with Gasteiger partial charge in [0.05, 0.1) is 0 Å². The third-order valence-corrected chi connectivity index (χ3v) is 3.11. The summed E-state index contributed by atoms with van der Waals surface area (Å²) in [6.45, 7) is 3.93. The number of halogens is 1. The van der Waals surface area contributed by atoms with Gasteiger partial charge < -0.3 is 10.6 Å². The Morgan fingerprint density at radius 3 is 2.57 bits per heavy atom. The van der Waals surface area contributed by atoms with Gasteiger partial charge in [-0.2, -0.15) is 0 Å². The number of hydrogen-bond acceptors (Lipinski definition) is 4. The summed E-state index contributed by atoms with van der Waals surface area (Å²) >= 11 is 5.97. The van der Waals surface area contributed by atoms with E-state index in [0.717, 1.165) is 17.7 Å². The van der Waals surface area contributed by atoms with Gasteiger partial charge in [-0.05, 0) is 43.2 Å². The first-order chi connectivity index (χ1) is 10.1. The standard InChI is InChI=1S/C15H17ClN4O/c1-3-4-15(21)18-14-8-7-13(19-20-14)17-12-9-11(16)6-5-10(12)2/h5-9H,3-4H2,1-2H3,(H,17,19)(H,18,20,21). The normalized spacial score (nSPS) is 10.2. The first-order valence-electron chi connectivity index (χ1n) is 6.75. The van der Waals surface area contributed by atoms with Crippen LogP contribution in [0.5, 0.6) is 0 Å². The maximum atomic E-state index is 11.5. The molecule has 110 valence electrons. The van der Waals surface area contributed by atoms with Gasteiger partial charge in [-0.3, -0.25) is 4.79 Å². The average molecular weight is 305 g/mol. The molecule has 0 spiro atoms. The van der Waals surface area contributed by atoms with E-state index in [9.17, 15) is 4.79 Å². The molecule has 0 saturated carbocycles. The van der Waals surface area contributed by atoms with Crippen molar-refractivity contribution < 1.29 is 4.79 Å². The zero-order valence-electron chi connectivity index (χ0n) is 12.0. The number of aryl methyl sites for hydroxylation is 1. The number of anilines is 3. The molecule has 0 radical (unpaired) electrons. The number of nitrogens with one attached hydrogen (secondary N) is 2. The van der Waals surface area contributed by atoms with Crippen LogP contribution in [0.2, 0.25) is 5.02 Å². The van der Waals surface area contributed by atoms with Gasteiger partial charge in [-0.1, -0.05) is 24.6 Å². The monoisotopic (exact) mass is 304 g/mol. The molecule has 21 heavy (non-hydrogen) atoms. The van der Waals surface area contributed by atoms with E-state index in [4.69, 9.17) is 11.6 Å². The Hall–Kier alpha value is -2.14. The highest BCUT2D eigenvalue weighted by atomic mass is 35.5. The van der Waals surface area contributed by atoms with Crippen molar-refractivity contribution in [2.45, 2.75) is 26.7 Å². The molecule has 1 amide bonds. The second-order valence-corrected chi connectivity index (χ2v) is 5.12. The second kappa shape index (κ2) is 7.04. The number of aromatic nitrogens is 2. The summed E-state index contributed by atoms with van der Waals surface area (Å²) in [7, 11) is 0. The number of nitrogens with zero attached hydrogens (tertiary/aromatic N) is 2. The second-order valence-electron chi connectivity index (χ2n) is 4.69. The van der Waals surface area contributed by atoms with Crippen LogP contribution >= 0.6 is 11.6 Å². The molecule has 1 aromatic carbocycles. The Balaban J connectivity index is 2.05. The molecule has 0 atom stereocenters. The molecule has 2 N–H and O–H groups in total. The summed E-state index contributed by atoms with van der Waals surface area (Å²) in [6, 6.07) is 9.06. The Morgan fingerprint density at radius 1 is 1.19 bits per heavy atom.